The molecule has 3 aromatic heterocycles. The van der Waals surface area contributed by atoms with Gasteiger partial charge in [0.05, 0.1) is 21.4 Å². The van der Waals surface area contributed by atoms with Crippen LogP contribution >= 0.6 is 34.5 Å². The Hall–Kier alpha value is -2.35. The summed E-state index contributed by atoms with van der Waals surface area (Å²) in [5, 5.41) is 2.24. The van der Waals surface area contributed by atoms with E-state index in [9.17, 15) is 26.4 Å². The molecule has 0 radical (unpaired) electrons. The standard InChI is InChI=1S/C17H12Cl2F3N5O3S2/c1-3-32(29,30)11-6-8(10-5-4-9(18)13(19)24-10)7-23-12(11)14(28)25-16-27(2)26-15(31-16)17(20,21)22/h4-7H,3H2,1-2H3. The van der Waals surface area contributed by atoms with E-state index >= 15 is 0 Å². The van der Waals surface area contributed by atoms with Crippen LogP contribution in [0, 0.1) is 0 Å². The molecule has 0 N–H and O–H groups in total. The van der Waals surface area contributed by atoms with E-state index in [0.29, 0.717) is 0 Å². The van der Waals surface area contributed by atoms with Gasteiger partial charge >= 0.3 is 6.18 Å². The monoisotopic (exact) mass is 525 g/mol. The minimum Gasteiger partial charge on any atom is -0.265 e. The Kier molecular flexibility index (Phi) is 6.75. The zero-order chi connectivity index (χ0) is 23.8. The summed E-state index contributed by atoms with van der Waals surface area (Å²) in [6.07, 6.45) is -3.54. The van der Waals surface area contributed by atoms with Gasteiger partial charge in [0.25, 0.3) is 5.91 Å². The first-order valence-corrected chi connectivity index (χ1v) is 11.8. The molecule has 170 valence electrons. The van der Waals surface area contributed by atoms with Crippen LogP contribution in [0.15, 0.2) is 34.3 Å². The number of hydrogen-bond acceptors (Lipinski definition) is 7. The van der Waals surface area contributed by atoms with E-state index in [1.165, 1.54) is 38.4 Å². The van der Waals surface area contributed by atoms with Crippen LogP contribution in [-0.2, 0) is 23.1 Å². The second-order valence-corrected chi connectivity index (χ2v) is 10.1. The Morgan fingerprint density at radius 2 is 1.97 bits per heavy atom. The number of rotatable bonds is 4. The molecule has 0 spiro atoms. The number of sulfone groups is 1. The lowest BCUT2D eigenvalue weighted by molar-refractivity contribution is -0.138. The van der Waals surface area contributed by atoms with Gasteiger partial charge in [-0.05, 0) is 18.2 Å². The van der Waals surface area contributed by atoms with Crippen LogP contribution in [0.25, 0.3) is 11.3 Å². The van der Waals surface area contributed by atoms with Crippen LogP contribution in [-0.4, -0.2) is 39.8 Å². The first-order chi connectivity index (χ1) is 14.8. The number of pyridine rings is 2. The van der Waals surface area contributed by atoms with Crippen molar-refractivity contribution in [1.82, 2.24) is 19.7 Å². The van der Waals surface area contributed by atoms with Crippen LogP contribution < -0.4 is 4.80 Å². The fourth-order valence-electron chi connectivity index (χ4n) is 2.42. The van der Waals surface area contributed by atoms with Gasteiger partial charge < -0.3 is 0 Å². The highest BCUT2D eigenvalue weighted by Gasteiger charge is 2.35. The summed E-state index contributed by atoms with van der Waals surface area (Å²) < 4.78 is 64.6. The summed E-state index contributed by atoms with van der Waals surface area (Å²) in [5.41, 5.74) is -0.0634. The number of halogens is 5. The van der Waals surface area contributed by atoms with Crippen LogP contribution in [0.1, 0.15) is 22.4 Å². The Bertz CT molecular complexity index is 1380. The van der Waals surface area contributed by atoms with E-state index in [4.69, 9.17) is 23.2 Å². The van der Waals surface area contributed by atoms with Crippen LogP contribution in [0.5, 0.6) is 0 Å². The molecule has 0 saturated carbocycles. The molecule has 15 heteroatoms. The minimum atomic E-state index is -4.72. The molecule has 8 nitrogen and oxygen atoms in total. The van der Waals surface area contributed by atoms with E-state index in [2.05, 4.69) is 20.1 Å². The smallest absolute Gasteiger partial charge is 0.265 e. The maximum atomic E-state index is 12.9. The molecule has 0 aliphatic heterocycles. The molecule has 1 amide bonds. The van der Waals surface area contributed by atoms with Crippen molar-refractivity contribution in [3.05, 3.63) is 50.1 Å². The third-order valence-electron chi connectivity index (χ3n) is 4.01. The fraction of sp³-hybridized carbons (Fsp3) is 0.235. The SMILES string of the molecule is CCS(=O)(=O)c1cc(-c2ccc(Cl)c(Cl)n2)cnc1C(=O)N=c1sc(C(F)(F)F)nn1C. The summed E-state index contributed by atoms with van der Waals surface area (Å²) >= 11 is 11.9. The first-order valence-electron chi connectivity index (χ1n) is 8.59. The first kappa shape index (κ1) is 24.3. The van der Waals surface area contributed by atoms with E-state index in [1.54, 1.807) is 0 Å². The summed E-state index contributed by atoms with van der Waals surface area (Å²) in [5.74, 6) is -1.50. The van der Waals surface area contributed by atoms with Crippen molar-refractivity contribution in [2.75, 3.05) is 5.75 Å². The fourth-order valence-corrected chi connectivity index (χ4v) is 4.48. The highest BCUT2D eigenvalue weighted by Crippen LogP contribution is 2.29. The summed E-state index contributed by atoms with van der Waals surface area (Å²) in [6, 6.07) is 4.11. The van der Waals surface area contributed by atoms with Crippen LogP contribution in [0.3, 0.4) is 0 Å². The van der Waals surface area contributed by atoms with Gasteiger partial charge in [-0.2, -0.15) is 23.3 Å². The van der Waals surface area contributed by atoms with Crippen molar-refractivity contribution >= 4 is 50.3 Å². The van der Waals surface area contributed by atoms with Crippen LogP contribution in [0.4, 0.5) is 13.2 Å². The molecule has 0 fully saturated rings. The molecule has 3 aromatic rings. The summed E-state index contributed by atoms with van der Waals surface area (Å²) in [6.45, 7) is 1.36. The quantitative estimate of drug-likeness (QED) is 0.479. The average Bonchev–Trinajstić information content (AvgIpc) is 3.10. The highest BCUT2D eigenvalue weighted by atomic mass is 35.5. The number of aromatic nitrogens is 4. The van der Waals surface area contributed by atoms with E-state index < -0.39 is 37.5 Å². The predicted octanol–water partition coefficient (Wildman–Crippen LogP) is 3.80. The maximum absolute atomic E-state index is 12.9. The molecule has 0 bridgehead atoms. The van der Waals surface area contributed by atoms with Crippen molar-refractivity contribution < 1.29 is 26.4 Å². The molecule has 0 atom stereocenters. The molecular weight excluding hydrogens is 514 g/mol. The van der Waals surface area contributed by atoms with Crippen molar-refractivity contribution in [2.45, 2.75) is 18.0 Å². The summed E-state index contributed by atoms with van der Waals surface area (Å²) in [4.78, 5) is 23.4. The maximum Gasteiger partial charge on any atom is 0.445 e. The zero-order valence-electron chi connectivity index (χ0n) is 16.2. The van der Waals surface area contributed by atoms with Gasteiger partial charge in [-0.25, -0.2) is 23.1 Å². The molecule has 0 aliphatic carbocycles. The van der Waals surface area contributed by atoms with Crippen molar-refractivity contribution in [3.63, 3.8) is 0 Å². The topological polar surface area (TPSA) is 107 Å². The van der Waals surface area contributed by atoms with Gasteiger partial charge in [0.2, 0.25) is 9.81 Å². The molecule has 32 heavy (non-hydrogen) atoms. The molecule has 0 aromatic carbocycles. The Balaban J connectivity index is 2.15. The second-order valence-electron chi connectivity index (χ2n) is 6.17. The van der Waals surface area contributed by atoms with Crippen molar-refractivity contribution in [1.29, 1.82) is 0 Å². The lowest BCUT2D eigenvalue weighted by Gasteiger charge is -2.09. The minimum absolute atomic E-state index is 0.0163. The normalized spacial score (nSPS) is 12.9. The molecule has 3 rings (SSSR count). The summed E-state index contributed by atoms with van der Waals surface area (Å²) in [7, 11) is -2.80. The van der Waals surface area contributed by atoms with E-state index in [1.807, 2.05) is 0 Å². The lowest BCUT2D eigenvalue weighted by Crippen LogP contribution is -2.18. The van der Waals surface area contributed by atoms with Gasteiger partial charge in [0, 0.05) is 18.8 Å². The largest absolute Gasteiger partial charge is 0.445 e. The van der Waals surface area contributed by atoms with E-state index in [0.717, 1.165) is 4.68 Å². The highest BCUT2D eigenvalue weighted by molar-refractivity contribution is 7.91. The van der Waals surface area contributed by atoms with Gasteiger partial charge in [0.15, 0.2) is 9.84 Å². The number of aryl methyl sites for hydroxylation is 1. The number of carbonyl (C=O) groups excluding carboxylic acids is 1. The Morgan fingerprint density at radius 1 is 1.28 bits per heavy atom. The van der Waals surface area contributed by atoms with Gasteiger partial charge in [-0.1, -0.05) is 41.5 Å². The zero-order valence-corrected chi connectivity index (χ0v) is 19.3. The van der Waals surface area contributed by atoms with Crippen LogP contribution in [0.2, 0.25) is 10.2 Å². The second kappa shape index (κ2) is 8.89. The number of carbonyl (C=O) groups is 1. The number of alkyl halides is 3. The van der Waals surface area contributed by atoms with E-state index in [-0.39, 0.29) is 43.3 Å². The van der Waals surface area contributed by atoms with Gasteiger partial charge in [-0.15, -0.1) is 0 Å². The molecule has 0 aliphatic rings. The van der Waals surface area contributed by atoms with Crippen molar-refractivity contribution in [2.24, 2.45) is 12.0 Å². The molecule has 0 unspecified atom stereocenters. The van der Waals surface area contributed by atoms with Gasteiger partial charge in [0.1, 0.15) is 10.8 Å². The Labute approximate surface area is 193 Å². The number of nitrogens with zero attached hydrogens (tertiary/aromatic N) is 5. The Morgan fingerprint density at radius 3 is 2.53 bits per heavy atom. The number of hydrogen-bond donors (Lipinski definition) is 0. The van der Waals surface area contributed by atoms with Crippen molar-refractivity contribution in [3.8, 4) is 11.3 Å². The lowest BCUT2D eigenvalue weighted by atomic mass is 10.2. The third-order valence-corrected chi connectivity index (χ3v) is 7.49. The molecule has 3 heterocycles. The average molecular weight is 526 g/mol. The third kappa shape index (κ3) is 5.00. The predicted molar refractivity (Wildman–Crippen MR) is 111 cm³/mol. The number of amides is 1. The van der Waals surface area contributed by atoms with Gasteiger partial charge in [-0.3, -0.25) is 4.79 Å². The molecular formula is C17H12Cl2F3N5O3S2. The molecule has 0 saturated heterocycles.